The molecule has 0 spiro atoms. The van der Waals surface area contributed by atoms with Gasteiger partial charge >= 0.3 is 0 Å². The third-order valence-corrected chi connectivity index (χ3v) is 2.73. The van der Waals surface area contributed by atoms with E-state index in [-0.39, 0.29) is 5.91 Å². The van der Waals surface area contributed by atoms with Crippen LogP contribution in [0.2, 0.25) is 0 Å². The first-order chi connectivity index (χ1) is 6.22. The topological polar surface area (TPSA) is 29.1 Å². The molecule has 1 amide bonds. The van der Waals surface area contributed by atoms with Gasteiger partial charge in [0.2, 0.25) is 0 Å². The van der Waals surface area contributed by atoms with Gasteiger partial charge in [-0.25, -0.2) is 0 Å². The second kappa shape index (κ2) is 4.91. The van der Waals surface area contributed by atoms with E-state index in [2.05, 4.69) is 18.2 Å². The Hall–Kier alpha value is -0.970. The molecule has 1 aliphatic rings. The van der Waals surface area contributed by atoms with Crippen LogP contribution in [0.15, 0.2) is 0 Å². The second-order valence-electron chi connectivity index (χ2n) is 3.99. The molecule has 0 heterocycles. The average Bonchev–Trinajstić information content (AvgIpc) is 2.14. The van der Waals surface area contributed by atoms with Crippen molar-refractivity contribution in [3.05, 3.63) is 0 Å². The lowest BCUT2D eigenvalue weighted by molar-refractivity contribution is -0.115. The smallest absolute Gasteiger partial charge is 0.295 e. The number of rotatable bonds is 2. The molecule has 0 radical (unpaired) electrons. The number of carbonyl (C=O) groups excluding carboxylic acids is 1. The molecule has 13 heavy (non-hydrogen) atoms. The molecule has 0 bridgehead atoms. The minimum atomic E-state index is -0.279. The summed E-state index contributed by atoms with van der Waals surface area (Å²) >= 11 is 0. The zero-order valence-corrected chi connectivity index (χ0v) is 8.18. The van der Waals surface area contributed by atoms with E-state index in [9.17, 15) is 4.79 Å². The minimum absolute atomic E-state index is 0.279. The average molecular weight is 179 g/mol. The Bertz CT molecular complexity index is 217. The van der Waals surface area contributed by atoms with Crippen LogP contribution >= 0.6 is 0 Å². The zero-order chi connectivity index (χ0) is 9.68. The standard InChI is InChI=1S/C11H17NO/c1-3-11(13)12-8-10-6-4-5-9(2)7-10/h1,9-10H,4-8H2,2H3,(H,12,13). The van der Waals surface area contributed by atoms with Crippen LogP contribution in [-0.4, -0.2) is 12.5 Å². The summed E-state index contributed by atoms with van der Waals surface area (Å²) in [5, 5.41) is 2.75. The molecule has 0 aromatic carbocycles. The summed E-state index contributed by atoms with van der Waals surface area (Å²) < 4.78 is 0. The molecule has 1 rings (SSSR count). The van der Waals surface area contributed by atoms with Gasteiger partial charge in [0.05, 0.1) is 0 Å². The first-order valence-electron chi connectivity index (χ1n) is 4.96. The van der Waals surface area contributed by atoms with Crippen LogP contribution in [0.25, 0.3) is 0 Å². The Morgan fingerprint density at radius 2 is 2.38 bits per heavy atom. The van der Waals surface area contributed by atoms with Crippen LogP contribution in [0, 0.1) is 24.2 Å². The van der Waals surface area contributed by atoms with Crippen molar-refractivity contribution in [3.8, 4) is 12.3 Å². The van der Waals surface area contributed by atoms with E-state index < -0.39 is 0 Å². The van der Waals surface area contributed by atoms with Crippen molar-refractivity contribution >= 4 is 5.91 Å². The van der Waals surface area contributed by atoms with Crippen molar-refractivity contribution in [2.45, 2.75) is 32.6 Å². The molecule has 1 saturated carbocycles. The third kappa shape index (κ3) is 3.50. The fraction of sp³-hybridized carbons (Fsp3) is 0.727. The first-order valence-corrected chi connectivity index (χ1v) is 4.96. The van der Waals surface area contributed by atoms with E-state index in [1.807, 2.05) is 0 Å². The van der Waals surface area contributed by atoms with Crippen LogP contribution in [0.3, 0.4) is 0 Å². The van der Waals surface area contributed by atoms with Gasteiger partial charge in [-0.2, -0.15) is 0 Å². The molecule has 2 heteroatoms. The highest BCUT2D eigenvalue weighted by Crippen LogP contribution is 2.27. The monoisotopic (exact) mass is 179 g/mol. The molecule has 0 aliphatic heterocycles. The SMILES string of the molecule is C#CC(=O)NCC1CCCC(C)C1. The molecule has 1 N–H and O–H groups in total. The second-order valence-corrected chi connectivity index (χ2v) is 3.99. The Kier molecular flexibility index (Phi) is 3.82. The third-order valence-electron chi connectivity index (χ3n) is 2.73. The van der Waals surface area contributed by atoms with Crippen LogP contribution in [0.5, 0.6) is 0 Å². The predicted molar refractivity (Wildman–Crippen MR) is 53.0 cm³/mol. The lowest BCUT2D eigenvalue weighted by Gasteiger charge is -2.26. The van der Waals surface area contributed by atoms with Gasteiger partial charge in [0.15, 0.2) is 0 Å². The quantitative estimate of drug-likeness (QED) is 0.640. The van der Waals surface area contributed by atoms with Crippen molar-refractivity contribution in [1.82, 2.24) is 5.32 Å². The van der Waals surface area contributed by atoms with Crippen LogP contribution in [-0.2, 0) is 4.79 Å². The summed E-state index contributed by atoms with van der Waals surface area (Å²) in [4.78, 5) is 10.8. The van der Waals surface area contributed by atoms with E-state index in [0.717, 1.165) is 12.5 Å². The maximum Gasteiger partial charge on any atom is 0.295 e. The summed E-state index contributed by atoms with van der Waals surface area (Å²) in [6.07, 6.45) is 10.0. The predicted octanol–water partition coefficient (Wildman–Crippen LogP) is 1.56. The normalized spacial score (nSPS) is 27.7. The van der Waals surface area contributed by atoms with Crippen LogP contribution < -0.4 is 5.32 Å². The van der Waals surface area contributed by atoms with Crippen LogP contribution in [0.1, 0.15) is 32.6 Å². The molecule has 2 atom stereocenters. The van der Waals surface area contributed by atoms with Crippen molar-refractivity contribution in [3.63, 3.8) is 0 Å². The maximum absolute atomic E-state index is 10.8. The Morgan fingerprint density at radius 1 is 1.62 bits per heavy atom. The van der Waals surface area contributed by atoms with Gasteiger partial charge in [-0.05, 0) is 30.6 Å². The summed E-state index contributed by atoms with van der Waals surface area (Å²) in [6.45, 7) is 3.03. The van der Waals surface area contributed by atoms with Gasteiger partial charge in [-0.1, -0.05) is 19.8 Å². The molecule has 0 aromatic heterocycles. The van der Waals surface area contributed by atoms with Gasteiger partial charge in [-0.15, -0.1) is 6.42 Å². The lowest BCUT2D eigenvalue weighted by atomic mass is 9.82. The van der Waals surface area contributed by atoms with E-state index in [1.165, 1.54) is 25.7 Å². The summed E-state index contributed by atoms with van der Waals surface area (Å²) in [5.41, 5.74) is 0. The molecule has 72 valence electrons. The van der Waals surface area contributed by atoms with Gasteiger partial charge in [0, 0.05) is 6.54 Å². The van der Waals surface area contributed by atoms with Crippen molar-refractivity contribution in [2.75, 3.05) is 6.54 Å². The minimum Gasteiger partial charge on any atom is -0.345 e. The molecular weight excluding hydrogens is 162 g/mol. The highest BCUT2D eigenvalue weighted by Gasteiger charge is 2.18. The summed E-state index contributed by atoms with van der Waals surface area (Å²) in [6, 6.07) is 0. The fourth-order valence-electron chi connectivity index (χ4n) is 2.03. The largest absolute Gasteiger partial charge is 0.345 e. The Labute approximate surface area is 80.1 Å². The number of nitrogens with one attached hydrogen (secondary N) is 1. The van der Waals surface area contributed by atoms with E-state index in [4.69, 9.17) is 6.42 Å². The van der Waals surface area contributed by atoms with Crippen molar-refractivity contribution < 1.29 is 4.79 Å². The van der Waals surface area contributed by atoms with Crippen LogP contribution in [0.4, 0.5) is 0 Å². The molecule has 1 fully saturated rings. The molecule has 0 aromatic rings. The van der Waals surface area contributed by atoms with E-state index in [1.54, 1.807) is 0 Å². The van der Waals surface area contributed by atoms with E-state index >= 15 is 0 Å². The highest BCUT2D eigenvalue weighted by atomic mass is 16.1. The highest BCUT2D eigenvalue weighted by molar-refractivity contribution is 5.92. The number of carbonyl (C=O) groups is 1. The van der Waals surface area contributed by atoms with Gasteiger partial charge in [0.1, 0.15) is 0 Å². The number of hydrogen-bond donors (Lipinski definition) is 1. The lowest BCUT2D eigenvalue weighted by Crippen LogP contribution is -2.30. The van der Waals surface area contributed by atoms with Crippen molar-refractivity contribution in [1.29, 1.82) is 0 Å². The molecular formula is C11H17NO. The van der Waals surface area contributed by atoms with Crippen molar-refractivity contribution in [2.24, 2.45) is 11.8 Å². The van der Waals surface area contributed by atoms with Gasteiger partial charge < -0.3 is 5.32 Å². The Balaban J connectivity index is 2.21. The van der Waals surface area contributed by atoms with Gasteiger partial charge in [-0.3, -0.25) is 4.79 Å². The zero-order valence-electron chi connectivity index (χ0n) is 8.18. The first kappa shape index (κ1) is 10.1. The molecule has 0 saturated heterocycles. The van der Waals surface area contributed by atoms with Gasteiger partial charge in [0.25, 0.3) is 5.91 Å². The molecule has 2 nitrogen and oxygen atoms in total. The molecule has 1 aliphatic carbocycles. The number of terminal acetylenes is 1. The summed E-state index contributed by atoms with van der Waals surface area (Å²) in [7, 11) is 0. The summed E-state index contributed by atoms with van der Waals surface area (Å²) in [5.74, 6) is 3.23. The molecule has 2 unspecified atom stereocenters. The van der Waals surface area contributed by atoms with E-state index in [0.29, 0.717) is 5.92 Å². The number of hydrogen-bond acceptors (Lipinski definition) is 1. The number of amides is 1. The fourth-order valence-corrected chi connectivity index (χ4v) is 2.03. The maximum atomic E-state index is 10.8. The Morgan fingerprint density at radius 3 is 3.00 bits per heavy atom.